The van der Waals surface area contributed by atoms with Crippen molar-refractivity contribution in [2.45, 2.75) is 187 Å². The quantitative estimate of drug-likeness (QED) is 0.0211. The molecule has 0 heterocycles. The molecule has 0 fully saturated rings. The second kappa shape index (κ2) is 56.8. The average molecular weight is 1100 g/mol. The highest BCUT2D eigenvalue weighted by Crippen LogP contribution is 2.43. The molecule has 0 aliphatic carbocycles. The van der Waals surface area contributed by atoms with Crippen LogP contribution in [0.1, 0.15) is 181 Å². The van der Waals surface area contributed by atoms with Gasteiger partial charge in [-0.25, -0.2) is 4.57 Å². The first-order valence-corrected chi connectivity index (χ1v) is 31.0. The number of ether oxygens (including phenoxy) is 2. The summed E-state index contributed by atoms with van der Waals surface area (Å²) in [6.45, 7) is 4.08. The van der Waals surface area contributed by atoms with Gasteiger partial charge in [0.05, 0.1) is 27.7 Å². The molecule has 0 aliphatic heterocycles. The van der Waals surface area contributed by atoms with E-state index >= 15 is 0 Å². The third kappa shape index (κ3) is 60.3. The fraction of sp³-hybridized carbons (Fsp3) is 0.529. The number of unbranched alkanes of at least 4 members (excludes halogenated alkanes) is 7. The van der Waals surface area contributed by atoms with Gasteiger partial charge in [0.1, 0.15) is 19.8 Å². The lowest BCUT2D eigenvalue weighted by Gasteiger charge is -2.24. The second-order valence-corrected chi connectivity index (χ2v) is 21.4. The zero-order valence-electron chi connectivity index (χ0n) is 49.3. The van der Waals surface area contributed by atoms with E-state index in [1.807, 2.05) is 27.2 Å². The van der Waals surface area contributed by atoms with Crippen LogP contribution in [0.2, 0.25) is 0 Å². The van der Waals surface area contributed by atoms with E-state index in [4.69, 9.17) is 18.5 Å². The molecule has 78 heavy (non-hydrogen) atoms. The van der Waals surface area contributed by atoms with E-state index < -0.39 is 32.5 Å². The molecule has 0 aromatic heterocycles. The van der Waals surface area contributed by atoms with Crippen molar-refractivity contribution in [1.82, 2.24) is 0 Å². The summed E-state index contributed by atoms with van der Waals surface area (Å²) in [6, 6.07) is 0. The maximum Gasteiger partial charge on any atom is 0.472 e. The minimum atomic E-state index is -4.42. The SMILES string of the molecule is CC/C=C\C/C=C\C/C=C\C/C=C\C/C=C\C/C=C\C/C=C\C/C=C\C/C=C\CCCC(=O)OC(COC(=O)CCCCCCCC/C=C\C/C=C\C/C=C\C/C=C\C/C=C\C/C=C\CC)COP(=O)(O)OCC[N+](C)(C)C. The Morgan fingerprint density at radius 3 is 1.06 bits per heavy atom. The molecule has 1 N–H and O–H groups in total. The summed E-state index contributed by atoms with van der Waals surface area (Å²) in [6.07, 6.45) is 88.2. The molecular weight excluding hydrogens is 990 g/mol. The molecule has 9 nitrogen and oxygen atoms in total. The number of hydrogen-bond acceptors (Lipinski definition) is 7. The van der Waals surface area contributed by atoms with Gasteiger partial charge in [-0.2, -0.15) is 0 Å². The number of nitrogens with zero attached hydrogens (tertiary/aromatic N) is 1. The van der Waals surface area contributed by atoms with Crippen molar-refractivity contribution >= 4 is 19.8 Å². The summed E-state index contributed by atoms with van der Waals surface area (Å²) in [5.74, 6) is -0.903. The Morgan fingerprint density at radius 2 is 0.705 bits per heavy atom. The standard InChI is InChI=1S/C68H106NO8P/c1-6-8-10-12-14-16-18-20-22-24-26-28-30-32-33-34-35-37-39-41-43-45-47-49-51-53-55-57-59-61-68(71)77-66(65-76-78(72,73)75-63-62-69(3,4)5)64-74-67(70)60-58-56-54-52-50-48-46-44-42-40-38-36-31-29-27-25-23-21-19-17-15-13-11-9-7-2/h8-11,14-17,20-23,26-29,32-33,35-38,41-44,47,49,53,55,66H,6-7,12-13,18-19,24-25,30-31,34,39-40,45-46,48,50-52,54,56-65H2,1-5H3/p+1/b10-8-,11-9-,16-14-,17-15-,22-20-,23-21-,28-26-,29-27-,33-32-,37-35-,38-36-,43-41-,44-42-,49-47-,55-53-. The van der Waals surface area contributed by atoms with Crippen molar-refractivity contribution in [3.63, 3.8) is 0 Å². The molecular formula is C68H107NO8P+. The molecule has 0 saturated carbocycles. The monoisotopic (exact) mass is 1100 g/mol. The van der Waals surface area contributed by atoms with Crippen molar-refractivity contribution in [2.24, 2.45) is 0 Å². The maximum absolute atomic E-state index is 12.8. The molecule has 0 aromatic carbocycles. The van der Waals surface area contributed by atoms with Crippen LogP contribution in [0.3, 0.4) is 0 Å². The summed E-state index contributed by atoms with van der Waals surface area (Å²) in [7, 11) is 1.40. The highest BCUT2D eigenvalue weighted by atomic mass is 31.2. The minimum Gasteiger partial charge on any atom is -0.462 e. The Hall–Kier alpha value is -4.89. The first kappa shape index (κ1) is 73.1. The summed E-state index contributed by atoms with van der Waals surface area (Å²) < 4.78 is 34.5. The summed E-state index contributed by atoms with van der Waals surface area (Å²) in [4.78, 5) is 35.7. The van der Waals surface area contributed by atoms with Crippen molar-refractivity contribution in [2.75, 3.05) is 47.5 Å². The highest BCUT2D eigenvalue weighted by Gasteiger charge is 2.27. The van der Waals surface area contributed by atoms with Gasteiger partial charge in [0, 0.05) is 12.8 Å². The topological polar surface area (TPSA) is 108 Å². The van der Waals surface area contributed by atoms with Crippen LogP contribution in [0.25, 0.3) is 0 Å². The predicted octanol–water partition coefficient (Wildman–Crippen LogP) is 18.8. The van der Waals surface area contributed by atoms with Gasteiger partial charge in [0.15, 0.2) is 6.10 Å². The number of esters is 2. The van der Waals surface area contributed by atoms with Crippen LogP contribution in [-0.4, -0.2) is 74.9 Å². The Kier molecular flexibility index (Phi) is 53.3. The Bertz CT molecular complexity index is 1970. The van der Waals surface area contributed by atoms with Crippen LogP contribution in [0.5, 0.6) is 0 Å². The number of rotatable bonds is 51. The Morgan fingerprint density at radius 1 is 0.397 bits per heavy atom. The molecule has 10 heteroatoms. The van der Waals surface area contributed by atoms with E-state index in [9.17, 15) is 19.0 Å². The first-order valence-electron chi connectivity index (χ1n) is 29.5. The predicted molar refractivity (Wildman–Crippen MR) is 334 cm³/mol. The van der Waals surface area contributed by atoms with Crippen LogP contribution < -0.4 is 0 Å². The smallest absolute Gasteiger partial charge is 0.462 e. The molecule has 0 spiro atoms. The maximum atomic E-state index is 12.8. The van der Waals surface area contributed by atoms with Crippen molar-refractivity contribution in [3.8, 4) is 0 Å². The van der Waals surface area contributed by atoms with Crippen LogP contribution >= 0.6 is 7.82 Å². The first-order chi connectivity index (χ1) is 38.0. The Labute approximate surface area is 476 Å². The lowest BCUT2D eigenvalue weighted by atomic mass is 10.1. The van der Waals surface area contributed by atoms with Crippen molar-refractivity contribution in [3.05, 3.63) is 182 Å². The zero-order chi connectivity index (χ0) is 57.0. The number of phosphoric acid groups is 1. The summed E-state index contributed by atoms with van der Waals surface area (Å²) in [5, 5.41) is 0. The number of hydrogen-bond donors (Lipinski definition) is 1. The van der Waals surface area contributed by atoms with Gasteiger partial charge in [-0.15, -0.1) is 0 Å². The molecule has 0 saturated heterocycles. The van der Waals surface area contributed by atoms with Crippen molar-refractivity contribution in [1.29, 1.82) is 0 Å². The molecule has 0 bridgehead atoms. The summed E-state index contributed by atoms with van der Waals surface area (Å²) >= 11 is 0. The average Bonchev–Trinajstić information content (AvgIpc) is 3.41. The van der Waals surface area contributed by atoms with E-state index in [1.165, 1.54) is 0 Å². The largest absolute Gasteiger partial charge is 0.472 e. The molecule has 436 valence electrons. The number of carbonyl (C=O) groups excluding carboxylic acids is 2. The third-order valence-electron chi connectivity index (χ3n) is 11.4. The highest BCUT2D eigenvalue weighted by molar-refractivity contribution is 7.47. The van der Waals surface area contributed by atoms with Crippen LogP contribution in [0.15, 0.2) is 182 Å². The fourth-order valence-electron chi connectivity index (χ4n) is 6.96. The van der Waals surface area contributed by atoms with Gasteiger partial charge in [0.2, 0.25) is 0 Å². The fourth-order valence-corrected chi connectivity index (χ4v) is 7.70. The van der Waals surface area contributed by atoms with E-state index in [1.54, 1.807) is 0 Å². The van der Waals surface area contributed by atoms with Crippen LogP contribution in [-0.2, 0) is 32.7 Å². The molecule has 0 aromatic rings. The number of allylic oxidation sites excluding steroid dienone is 30. The van der Waals surface area contributed by atoms with E-state index in [0.29, 0.717) is 30.3 Å². The molecule has 0 aliphatic rings. The van der Waals surface area contributed by atoms with Gasteiger partial charge >= 0.3 is 19.8 Å². The minimum absolute atomic E-state index is 0.00623. The molecule has 0 radical (unpaired) electrons. The molecule has 0 rings (SSSR count). The lowest BCUT2D eigenvalue weighted by Crippen LogP contribution is -2.37. The van der Waals surface area contributed by atoms with E-state index in [2.05, 4.69) is 190 Å². The van der Waals surface area contributed by atoms with Crippen molar-refractivity contribution < 1.29 is 42.1 Å². The van der Waals surface area contributed by atoms with Crippen LogP contribution in [0, 0.1) is 0 Å². The van der Waals surface area contributed by atoms with E-state index in [0.717, 1.165) is 135 Å². The number of phosphoric ester groups is 1. The van der Waals surface area contributed by atoms with Crippen LogP contribution in [0.4, 0.5) is 0 Å². The number of quaternary nitrogens is 1. The molecule has 0 amide bonds. The molecule has 2 atom stereocenters. The second-order valence-electron chi connectivity index (χ2n) is 19.9. The molecule has 2 unspecified atom stereocenters. The van der Waals surface area contributed by atoms with Gasteiger partial charge in [-0.1, -0.05) is 222 Å². The lowest BCUT2D eigenvalue weighted by molar-refractivity contribution is -0.870. The van der Waals surface area contributed by atoms with Gasteiger partial charge in [0.25, 0.3) is 0 Å². The Balaban J connectivity index is 4.38. The number of carbonyl (C=O) groups is 2. The van der Waals surface area contributed by atoms with E-state index in [-0.39, 0.29) is 26.1 Å². The number of likely N-dealkylation sites (N-methyl/N-ethyl adjacent to an activating group) is 1. The normalized spacial score (nSPS) is 14.6. The van der Waals surface area contributed by atoms with Gasteiger partial charge in [-0.05, 0) is 128 Å². The summed E-state index contributed by atoms with van der Waals surface area (Å²) in [5.41, 5.74) is 0. The zero-order valence-corrected chi connectivity index (χ0v) is 50.2. The van der Waals surface area contributed by atoms with Gasteiger partial charge < -0.3 is 18.9 Å². The third-order valence-corrected chi connectivity index (χ3v) is 12.4. The van der Waals surface area contributed by atoms with Gasteiger partial charge in [-0.3, -0.25) is 18.6 Å².